The fraction of sp³-hybridized carbons (Fsp3) is 0.467. The number of benzene rings is 1. The van der Waals surface area contributed by atoms with Crippen LogP contribution in [-0.2, 0) is 16.1 Å². The highest BCUT2D eigenvalue weighted by molar-refractivity contribution is 9.10. The summed E-state index contributed by atoms with van der Waals surface area (Å²) in [4.78, 5) is 24.9. The van der Waals surface area contributed by atoms with Crippen molar-refractivity contribution in [3.8, 4) is 0 Å². The van der Waals surface area contributed by atoms with Gasteiger partial charge in [-0.1, -0.05) is 28.1 Å². The van der Waals surface area contributed by atoms with Crippen molar-refractivity contribution in [1.29, 1.82) is 0 Å². The Morgan fingerprint density at radius 2 is 1.81 bits per heavy atom. The monoisotopic (exact) mass is 355 g/mol. The van der Waals surface area contributed by atoms with E-state index in [0.717, 1.165) is 10.0 Å². The maximum Gasteiger partial charge on any atom is 0.237 e. The molecule has 6 heteroatoms. The maximum absolute atomic E-state index is 12.3. The summed E-state index contributed by atoms with van der Waals surface area (Å²) in [5.41, 5.74) is 11.6. The van der Waals surface area contributed by atoms with Crippen molar-refractivity contribution in [3.63, 3.8) is 0 Å². The van der Waals surface area contributed by atoms with Crippen molar-refractivity contribution in [2.24, 2.45) is 11.5 Å². The molecule has 21 heavy (non-hydrogen) atoms. The first-order chi connectivity index (χ1) is 9.67. The van der Waals surface area contributed by atoms with Gasteiger partial charge in [0.1, 0.15) is 0 Å². The number of amides is 2. The van der Waals surface area contributed by atoms with Gasteiger partial charge in [-0.3, -0.25) is 9.59 Å². The molecule has 0 spiro atoms. The van der Waals surface area contributed by atoms with Gasteiger partial charge in [-0.2, -0.15) is 0 Å². The van der Waals surface area contributed by atoms with Crippen LogP contribution < -0.4 is 11.5 Å². The molecule has 0 atom stereocenters. The average Bonchev–Trinajstić information content (AvgIpc) is 2.36. The van der Waals surface area contributed by atoms with E-state index in [-0.39, 0.29) is 12.5 Å². The molecule has 0 aliphatic carbocycles. The lowest BCUT2D eigenvalue weighted by Gasteiger charge is -2.24. The molecule has 0 radical (unpaired) electrons. The van der Waals surface area contributed by atoms with E-state index in [4.69, 9.17) is 11.5 Å². The second-order valence-corrected chi connectivity index (χ2v) is 6.75. The third-order valence-electron chi connectivity index (χ3n) is 2.97. The molecule has 0 aliphatic rings. The van der Waals surface area contributed by atoms with Crippen molar-refractivity contribution < 1.29 is 9.59 Å². The smallest absolute Gasteiger partial charge is 0.237 e. The second-order valence-electron chi connectivity index (χ2n) is 5.83. The lowest BCUT2D eigenvalue weighted by molar-refractivity contribution is -0.136. The van der Waals surface area contributed by atoms with E-state index in [2.05, 4.69) is 15.9 Å². The van der Waals surface area contributed by atoms with Gasteiger partial charge in [-0.05, 0) is 38.0 Å². The summed E-state index contributed by atoms with van der Waals surface area (Å²) in [6, 6.07) is 7.59. The minimum atomic E-state index is -0.521. The summed E-state index contributed by atoms with van der Waals surface area (Å²) in [7, 11) is 0. The van der Waals surface area contributed by atoms with Gasteiger partial charge in [0.25, 0.3) is 0 Å². The molecule has 0 unspecified atom stereocenters. The zero-order chi connectivity index (χ0) is 16.0. The fourth-order valence-electron chi connectivity index (χ4n) is 1.82. The Balaban J connectivity index is 2.72. The maximum atomic E-state index is 12.3. The molecule has 4 N–H and O–H groups in total. The fourth-order valence-corrected chi connectivity index (χ4v) is 2.08. The number of nitrogens with two attached hydrogens (primary N) is 2. The highest BCUT2D eigenvalue weighted by atomic mass is 79.9. The Kier molecular flexibility index (Phi) is 6.36. The molecule has 0 saturated heterocycles. The molecule has 0 heterocycles. The van der Waals surface area contributed by atoms with Crippen molar-refractivity contribution in [1.82, 2.24) is 4.90 Å². The highest BCUT2D eigenvalue weighted by Gasteiger charge is 2.19. The molecule has 0 saturated carbocycles. The molecule has 1 aromatic carbocycles. The standard InChI is InChI=1S/C15H22BrN3O2/c1-15(2,18)8-7-14(21)19(10-13(17)20)9-11-3-5-12(16)6-4-11/h3-6H,7-10,18H2,1-2H3,(H2,17,20). The molecule has 0 aliphatic heterocycles. The van der Waals surface area contributed by atoms with Gasteiger partial charge in [-0.15, -0.1) is 0 Å². The first kappa shape index (κ1) is 17.7. The van der Waals surface area contributed by atoms with Crippen LogP contribution in [0.1, 0.15) is 32.3 Å². The van der Waals surface area contributed by atoms with Gasteiger partial charge in [-0.25, -0.2) is 0 Å². The SMILES string of the molecule is CC(C)(N)CCC(=O)N(CC(N)=O)Cc1ccc(Br)cc1. The van der Waals surface area contributed by atoms with Gasteiger partial charge < -0.3 is 16.4 Å². The van der Waals surface area contributed by atoms with Crippen LogP contribution in [0.15, 0.2) is 28.7 Å². The molecule has 0 fully saturated rings. The Bertz CT molecular complexity index is 495. The lowest BCUT2D eigenvalue weighted by atomic mass is 9.99. The topological polar surface area (TPSA) is 89.4 Å². The van der Waals surface area contributed by atoms with Gasteiger partial charge in [0.05, 0.1) is 6.54 Å². The number of carbonyl (C=O) groups is 2. The number of hydrogen-bond donors (Lipinski definition) is 2. The normalized spacial score (nSPS) is 11.2. The molecule has 2 amide bonds. The van der Waals surface area contributed by atoms with Crippen LogP contribution in [0.2, 0.25) is 0 Å². The van der Waals surface area contributed by atoms with Crippen molar-refractivity contribution >= 4 is 27.7 Å². The Labute approximate surface area is 133 Å². The van der Waals surface area contributed by atoms with Gasteiger partial charge in [0.15, 0.2) is 0 Å². The summed E-state index contributed by atoms with van der Waals surface area (Å²) < 4.78 is 0.962. The van der Waals surface area contributed by atoms with Crippen molar-refractivity contribution in [2.75, 3.05) is 6.54 Å². The quantitative estimate of drug-likeness (QED) is 0.780. The van der Waals surface area contributed by atoms with Gasteiger partial charge >= 0.3 is 0 Å². The van der Waals surface area contributed by atoms with Crippen LogP contribution >= 0.6 is 15.9 Å². The zero-order valence-electron chi connectivity index (χ0n) is 12.4. The van der Waals surface area contributed by atoms with Crippen LogP contribution in [0.5, 0.6) is 0 Å². The van der Waals surface area contributed by atoms with Crippen LogP contribution in [-0.4, -0.2) is 28.8 Å². The van der Waals surface area contributed by atoms with Crippen molar-refractivity contribution in [2.45, 2.75) is 38.8 Å². The van der Waals surface area contributed by atoms with E-state index in [1.54, 1.807) is 0 Å². The summed E-state index contributed by atoms with van der Waals surface area (Å²) in [6.07, 6.45) is 0.856. The molecule has 116 valence electrons. The average molecular weight is 356 g/mol. The molecule has 0 bridgehead atoms. The van der Waals surface area contributed by atoms with E-state index >= 15 is 0 Å². The minimum absolute atomic E-state index is 0.0834. The third kappa shape index (κ3) is 7.24. The molecular formula is C15H22BrN3O2. The number of carbonyl (C=O) groups excluding carboxylic acids is 2. The number of halogens is 1. The zero-order valence-corrected chi connectivity index (χ0v) is 14.0. The highest BCUT2D eigenvalue weighted by Crippen LogP contribution is 2.14. The Hall–Kier alpha value is -1.40. The Morgan fingerprint density at radius 1 is 1.24 bits per heavy atom. The van der Waals surface area contributed by atoms with Crippen molar-refractivity contribution in [3.05, 3.63) is 34.3 Å². The first-order valence-electron chi connectivity index (χ1n) is 6.77. The first-order valence-corrected chi connectivity index (χ1v) is 7.56. The lowest BCUT2D eigenvalue weighted by Crippen LogP contribution is -2.40. The second kappa shape index (κ2) is 7.56. The molecular weight excluding hydrogens is 334 g/mol. The van der Waals surface area contributed by atoms with E-state index in [0.29, 0.717) is 19.4 Å². The third-order valence-corrected chi connectivity index (χ3v) is 3.50. The number of primary amides is 1. The van der Waals surface area contributed by atoms with Crippen LogP contribution in [0, 0.1) is 0 Å². The van der Waals surface area contributed by atoms with Gasteiger partial charge in [0.2, 0.25) is 11.8 Å². The molecule has 1 rings (SSSR count). The molecule has 0 aromatic heterocycles. The number of nitrogens with zero attached hydrogens (tertiary/aromatic N) is 1. The predicted octanol–water partition coefficient (Wildman–Crippen LogP) is 1.78. The molecule has 5 nitrogen and oxygen atoms in total. The largest absolute Gasteiger partial charge is 0.368 e. The Morgan fingerprint density at radius 3 is 2.29 bits per heavy atom. The van der Waals surface area contributed by atoms with Crippen LogP contribution in [0.25, 0.3) is 0 Å². The van der Waals surface area contributed by atoms with E-state index in [9.17, 15) is 9.59 Å². The summed E-state index contributed by atoms with van der Waals surface area (Å²) in [5, 5.41) is 0. The van der Waals surface area contributed by atoms with Crippen LogP contribution in [0.3, 0.4) is 0 Å². The van der Waals surface area contributed by atoms with E-state index < -0.39 is 11.4 Å². The minimum Gasteiger partial charge on any atom is -0.368 e. The molecule has 1 aromatic rings. The summed E-state index contributed by atoms with van der Waals surface area (Å²) in [5.74, 6) is -0.636. The van der Waals surface area contributed by atoms with E-state index in [1.807, 2.05) is 38.1 Å². The number of rotatable bonds is 7. The van der Waals surface area contributed by atoms with E-state index in [1.165, 1.54) is 4.90 Å². The van der Waals surface area contributed by atoms with Gasteiger partial charge in [0, 0.05) is 23.0 Å². The predicted molar refractivity (Wildman–Crippen MR) is 86.3 cm³/mol. The van der Waals surface area contributed by atoms with Crippen LogP contribution in [0.4, 0.5) is 0 Å². The summed E-state index contributed by atoms with van der Waals surface area (Å²) in [6.45, 7) is 4.01. The number of hydrogen-bond acceptors (Lipinski definition) is 3. The summed E-state index contributed by atoms with van der Waals surface area (Å²) >= 11 is 3.36.